The molecule has 2 aliphatic rings. The number of hydrogen-bond acceptors (Lipinski definition) is 4. The molecule has 39 heavy (non-hydrogen) atoms. The lowest BCUT2D eigenvalue weighted by molar-refractivity contribution is -0.158. The van der Waals surface area contributed by atoms with Crippen molar-refractivity contribution in [2.75, 3.05) is 19.6 Å². The van der Waals surface area contributed by atoms with E-state index in [2.05, 4.69) is 11.9 Å². The average molecular weight is 528 g/mol. The van der Waals surface area contributed by atoms with Crippen molar-refractivity contribution in [1.82, 2.24) is 25.1 Å². The van der Waals surface area contributed by atoms with Gasteiger partial charge in [-0.3, -0.25) is 14.6 Å². The van der Waals surface area contributed by atoms with Crippen LogP contribution in [0, 0.1) is 5.82 Å². The van der Waals surface area contributed by atoms with Crippen LogP contribution in [0.1, 0.15) is 22.7 Å². The Hall–Kier alpha value is -4.50. The third-order valence-corrected chi connectivity index (χ3v) is 7.03. The quantitative estimate of drug-likeness (QED) is 0.454. The van der Waals surface area contributed by atoms with Crippen LogP contribution < -0.4 is 5.32 Å². The number of hydrogen-bond donors (Lipinski definition) is 1. The van der Waals surface area contributed by atoms with Gasteiger partial charge in [0.15, 0.2) is 0 Å². The van der Waals surface area contributed by atoms with E-state index in [1.54, 1.807) is 51.2 Å². The molecule has 0 aromatic heterocycles. The fourth-order valence-electron chi connectivity index (χ4n) is 5.16. The molecule has 0 unspecified atom stereocenters. The minimum atomic E-state index is -0.896. The molecule has 200 valence electrons. The third-order valence-electron chi connectivity index (χ3n) is 7.03. The molecule has 1 N–H and O–H groups in total. The van der Waals surface area contributed by atoms with Crippen molar-refractivity contribution in [3.8, 4) is 0 Å². The molecule has 3 aromatic carbocycles. The number of nitrogens with one attached hydrogen (secondary N) is 1. The van der Waals surface area contributed by atoms with Crippen molar-refractivity contribution in [3.63, 3.8) is 0 Å². The molecule has 8 nitrogen and oxygen atoms in total. The summed E-state index contributed by atoms with van der Waals surface area (Å²) in [6.45, 7) is 4.35. The zero-order chi connectivity index (χ0) is 27.4. The second kappa shape index (κ2) is 11.5. The molecule has 5 rings (SSSR count). The predicted molar refractivity (Wildman–Crippen MR) is 144 cm³/mol. The summed E-state index contributed by atoms with van der Waals surface area (Å²) < 4.78 is 14.6. The molecule has 4 amide bonds. The zero-order valence-corrected chi connectivity index (χ0v) is 21.4. The molecule has 0 radical (unpaired) electrons. The van der Waals surface area contributed by atoms with Gasteiger partial charge in [0.05, 0.1) is 19.6 Å². The summed E-state index contributed by atoms with van der Waals surface area (Å²) in [7, 11) is 0. The van der Waals surface area contributed by atoms with E-state index >= 15 is 0 Å². The molecule has 9 heteroatoms. The first kappa shape index (κ1) is 26.1. The Kier molecular flexibility index (Phi) is 7.69. The van der Waals surface area contributed by atoms with Crippen LogP contribution in [-0.4, -0.2) is 63.5 Å². The number of amides is 4. The molecule has 2 fully saturated rings. The summed E-state index contributed by atoms with van der Waals surface area (Å²) in [5, 5.41) is 6.06. The van der Waals surface area contributed by atoms with E-state index in [0.717, 1.165) is 5.56 Å². The first-order valence-electron chi connectivity index (χ1n) is 12.8. The van der Waals surface area contributed by atoms with Gasteiger partial charge in [0.2, 0.25) is 5.91 Å². The van der Waals surface area contributed by atoms with Crippen LogP contribution >= 0.6 is 0 Å². The van der Waals surface area contributed by atoms with Crippen molar-refractivity contribution in [2.45, 2.75) is 25.3 Å². The summed E-state index contributed by atoms with van der Waals surface area (Å²) in [5.41, 5.74) is 1.97. The number of carbonyl (C=O) groups excluding carboxylic acids is 3. The van der Waals surface area contributed by atoms with Crippen LogP contribution in [-0.2, 0) is 22.7 Å². The SMILES string of the molecule is C=CCN(C(=O)NCc1ccccc1)N1CC(=O)N2[C@@H](c3ccccc3)C(=O)N(Cc3ccccc3F)C[C@@H]21. The van der Waals surface area contributed by atoms with Gasteiger partial charge in [-0.25, -0.2) is 9.18 Å². The fourth-order valence-corrected chi connectivity index (χ4v) is 5.16. The first-order valence-corrected chi connectivity index (χ1v) is 12.8. The highest BCUT2D eigenvalue weighted by Gasteiger charge is 2.52. The zero-order valence-electron chi connectivity index (χ0n) is 21.4. The van der Waals surface area contributed by atoms with Gasteiger partial charge in [0.1, 0.15) is 18.0 Å². The van der Waals surface area contributed by atoms with Crippen molar-refractivity contribution in [1.29, 1.82) is 0 Å². The summed E-state index contributed by atoms with van der Waals surface area (Å²) in [4.78, 5) is 43.7. The molecule has 0 saturated carbocycles. The molecule has 2 saturated heterocycles. The molecule has 0 aliphatic carbocycles. The van der Waals surface area contributed by atoms with Crippen LogP contribution in [0.5, 0.6) is 0 Å². The lowest BCUT2D eigenvalue weighted by Crippen LogP contribution is -2.62. The second-order valence-electron chi connectivity index (χ2n) is 9.52. The molecule has 3 aromatic rings. The van der Waals surface area contributed by atoms with Crippen LogP contribution in [0.3, 0.4) is 0 Å². The Bertz CT molecular complexity index is 1350. The Morgan fingerprint density at radius 3 is 2.36 bits per heavy atom. The van der Waals surface area contributed by atoms with Crippen molar-refractivity contribution >= 4 is 17.8 Å². The number of carbonyl (C=O) groups is 3. The highest BCUT2D eigenvalue weighted by Crippen LogP contribution is 2.36. The Morgan fingerprint density at radius 2 is 1.67 bits per heavy atom. The fraction of sp³-hybridized carbons (Fsp3) is 0.233. The molecule has 0 spiro atoms. The van der Waals surface area contributed by atoms with Crippen molar-refractivity contribution in [3.05, 3.63) is 120 Å². The summed E-state index contributed by atoms with van der Waals surface area (Å²) in [6, 6.07) is 23.6. The van der Waals surface area contributed by atoms with E-state index in [-0.39, 0.29) is 44.0 Å². The third kappa shape index (κ3) is 5.39. The molecular weight excluding hydrogens is 497 g/mol. The minimum absolute atomic E-state index is 0.0445. The smallest absolute Gasteiger partial charge is 0.332 e. The van der Waals surface area contributed by atoms with E-state index < -0.39 is 18.0 Å². The Labute approximate surface area is 226 Å². The first-order chi connectivity index (χ1) is 19.0. The maximum Gasteiger partial charge on any atom is 0.332 e. The van der Waals surface area contributed by atoms with Crippen LogP contribution in [0.25, 0.3) is 0 Å². The topological polar surface area (TPSA) is 76.2 Å². The maximum atomic E-state index is 14.6. The number of benzene rings is 3. The number of halogens is 1. The molecule has 2 aliphatic heterocycles. The van der Waals surface area contributed by atoms with Gasteiger partial charge in [-0.05, 0) is 17.2 Å². The van der Waals surface area contributed by atoms with Gasteiger partial charge in [0, 0.05) is 18.7 Å². The summed E-state index contributed by atoms with van der Waals surface area (Å²) in [6.07, 6.45) is 0.962. The molecular formula is C30H30FN5O3. The van der Waals surface area contributed by atoms with Crippen molar-refractivity contribution in [2.24, 2.45) is 0 Å². The standard InChI is InChI=1S/C30H30FN5O3/c1-2-17-34(30(39)32-18-22-11-5-3-6-12-22)35-21-27(37)36-26(35)20-33(19-24-15-9-10-16-25(24)31)29(38)28(36)23-13-7-4-8-14-23/h2-16,26,28H,1,17-21H2,(H,32,39)/t26-,28+/m1/s1. The number of piperazine rings is 1. The number of nitrogens with zero attached hydrogens (tertiary/aromatic N) is 4. The lowest BCUT2D eigenvalue weighted by atomic mass is 10.00. The van der Waals surface area contributed by atoms with Gasteiger partial charge in [-0.2, -0.15) is 5.01 Å². The van der Waals surface area contributed by atoms with Gasteiger partial charge < -0.3 is 15.1 Å². The second-order valence-corrected chi connectivity index (χ2v) is 9.52. The molecule has 0 bridgehead atoms. The highest BCUT2D eigenvalue weighted by atomic mass is 19.1. The lowest BCUT2D eigenvalue weighted by Gasteiger charge is -2.46. The largest absolute Gasteiger partial charge is 0.333 e. The van der Waals surface area contributed by atoms with Gasteiger partial charge in [-0.15, -0.1) is 6.58 Å². The van der Waals surface area contributed by atoms with Crippen LogP contribution in [0.4, 0.5) is 9.18 Å². The average Bonchev–Trinajstić information content (AvgIpc) is 3.28. The predicted octanol–water partition coefficient (Wildman–Crippen LogP) is 3.69. The van der Waals surface area contributed by atoms with Crippen LogP contribution in [0.15, 0.2) is 97.6 Å². The summed E-state index contributed by atoms with van der Waals surface area (Å²) in [5.74, 6) is -0.964. The highest BCUT2D eigenvalue weighted by molar-refractivity contribution is 5.92. The van der Waals surface area contributed by atoms with Gasteiger partial charge >= 0.3 is 6.03 Å². The van der Waals surface area contributed by atoms with Crippen LogP contribution in [0.2, 0.25) is 0 Å². The molecule has 2 atom stereocenters. The van der Waals surface area contributed by atoms with E-state index in [0.29, 0.717) is 17.7 Å². The van der Waals surface area contributed by atoms with E-state index in [1.165, 1.54) is 11.1 Å². The maximum absolute atomic E-state index is 14.6. The number of hydrazine groups is 1. The Morgan fingerprint density at radius 1 is 1.00 bits per heavy atom. The Balaban J connectivity index is 1.46. The van der Waals surface area contributed by atoms with Gasteiger partial charge in [0.25, 0.3) is 5.91 Å². The normalized spacial score (nSPS) is 19.1. The van der Waals surface area contributed by atoms with Crippen molar-refractivity contribution < 1.29 is 18.8 Å². The van der Waals surface area contributed by atoms with E-state index in [1.807, 2.05) is 48.5 Å². The molecule has 2 heterocycles. The van der Waals surface area contributed by atoms with Gasteiger partial charge in [-0.1, -0.05) is 84.9 Å². The van der Waals surface area contributed by atoms with E-state index in [9.17, 15) is 18.8 Å². The number of rotatable bonds is 8. The minimum Gasteiger partial charge on any atom is -0.333 e. The summed E-state index contributed by atoms with van der Waals surface area (Å²) >= 11 is 0. The number of urea groups is 1. The monoisotopic (exact) mass is 527 g/mol. The number of fused-ring (bicyclic) bond motifs is 1. The van der Waals surface area contributed by atoms with E-state index in [4.69, 9.17) is 0 Å².